The Morgan fingerprint density at radius 3 is 2.31 bits per heavy atom. The molecule has 0 bridgehead atoms. The van der Waals surface area contributed by atoms with E-state index in [1.54, 1.807) is 0 Å². The molecule has 0 radical (unpaired) electrons. The van der Waals surface area contributed by atoms with Gasteiger partial charge in [0.25, 0.3) is 6.43 Å². The summed E-state index contributed by atoms with van der Waals surface area (Å²) in [6, 6.07) is 0. The molecule has 0 atom stereocenters. The van der Waals surface area contributed by atoms with Crippen LogP contribution in [0.2, 0.25) is 5.02 Å². The lowest BCUT2D eigenvalue weighted by Gasteiger charge is -2.14. The van der Waals surface area contributed by atoms with E-state index in [9.17, 15) is 22.0 Å². The molecular weight excluding hydrogens is 257 g/mol. The van der Waals surface area contributed by atoms with Gasteiger partial charge < -0.3 is 5.11 Å². The standard InChI is InChI=1S/C8H5ClF5NO/c9-4-1-15-6(8(12,13)14)3(2-16)5(4)7(10)11/h1,7,16H,2H2. The number of rotatable bonds is 2. The summed E-state index contributed by atoms with van der Waals surface area (Å²) in [6.45, 7) is -1.21. The maximum absolute atomic E-state index is 12.5. The first-order chi connectivity index (χ1) is 7.29. The van der Waals surface area contributed by atoms with E-state index >= 15 is 0 Å². The molecule has 0 saturated carbocycles. The van der Waals surface area contributed by atoms with Gasteiger partial charge in [-0.2, -0.15) is 13.2 Å². The van der Waals surface area contributed by atoms with Crippen molar-refractivity contribution in [1.29, 1.82) is 0 Å². The van der Waals surface area contributed by atoms with Crippen LogP contribution in [-0.2, 0) is 12.8 Å². The summed E-state index contributed by atoms with van der Waals surface area (Å²) in [5.74, 6) is 0. The lowest BCUT2D eigenvalue weighted by molar-refractivity contribution is -0.142. The van der Waals surface area contributed by atoms with Crippen molar-refractivity contribution in [2.75, 3.05) is 0 Å². The molecule has 0 amide bonds. The number of alkyl halides is 5. The van der Waals surface area contributed by atoms with E-state index < -0.39 is 41.1 Å². The van der Waals surface area contributed by atoms with Crippen molar-refractivity contribution >= 4 is 11.6 Å². The Morgan fingerprint density at radius 1 is 1.38 bits per heavy atom. The first-order valence-electron chi connectivity index (χ1n) is 3.92. The summed E-state index contributed by atoms with van der Waals surface area (Å²) < 4.78 is 62.0. The molecule has 0 aliphatic rings. The van der Waals surface area contributed by atoms with Crippen molar-refractivity contribution < 1.29 is 27.1 Å². The first-order valence-corrected chi connectivity index (χ1v) is 4.30. The fraction of sp³-hybridized carbons (Fsp3) is 0.375. The Labute approximate surface area is 91.7 Å². The second-order valence-electron chi connectivity index (χ2n) is 2.80. The molecule has 1 rings (SSSR count). The Bertz CT molecular complexity index is 393. The van der Waals surface area contributed by atoms with Crippen LogP contribution in [0.1, 0.15) is 23.2 Å². The molecular formula is C8H5ClF5NO. The molecule has 0 fully saturated rings. The van der Waals surface area contributed by atoms with Gasteiger partial charge in [-0.15, -0.1) is 0 Å². The van der Waals surface area contributed by atoms with Crippen LogP contribution in [0.5, 0.6) is 0 Å². The maximum atomic E-state index is 12.5. The number of aliphatic hydroxyl groups is 1. The van der Waals surface area contributed by atoms with E-state index in [0.29, 0.717) is 6.20 Å². The molecule has 1 N–H and O–H groups in total. The van der Waals surface area contributed by atoms with Gasteiger partial charge in [-0.05, 0) is 0 Å². The third-order valence-electron chi connectivity index (χ3n) is 1.82. The van der Waals surface area contributed by atoms with Crippen LogP contribution in [0.4, 0.5) is 22.0 Å². The van der Waals surface area contributed by atoms with Gasteiger partial charge >= 0.3 is 6.18 Å². The summed E-state index contributed by atoms with van der Waals surface area (Å²) in [7, 11) is 0. The summed E-state index contributed by atoms with van der Waals surface area (Å²) in [4.78, 5) is 2.91. The molecule has 2 nitrogen and oxygen atoms in total. The molecule has 1 aromatic heterocycles. The SMILES string of the molecule is OCc1c(C(F)(F)F)ncc(Cl)c1C(F)F. The van der Waals surface area contributed by atoms with E-state index in [1.807, 2.05) is 0 Å². The highest BCUT2D eigenvalue weighted by Gasteiger charge is 2.37. The zero-order valence-electron chi connectivity index (χ0n) is 7.52. The van der Waals surface area contributed by atoms with Crippen LogP contribution in [0, 0.1) is 0 Å². The van der Waals surface area contributed by atoms with Crippen molar-refractivity contribution in [3.8, 4) is 0 Å². The van der Waals surface area contributed by atoms with Crippen LogP contribution < -0.4 is 0 Å². The highest BCUT2D eigenvalue weighted by atomic mass is 35.5. The van der Waals surface area contributed by atoms with Gasteiger partial charge in [0, 0.05) is 17.3 Å². The highest BCUT2D eigenvalue weighted by molar-refractivity contribution is 6.31. The predicted molar refractivity (Wildman–Crippen MR) is 45.1 cm³/mol. The number of halogens is 6. The quantitative estimate of drug-likeness (QED) is 0.830. The number of nitrogens with zero attached hydrogens (tertiary/aromatic N) is 1. The molecule has 8 heteroatoms. The highest BCUT2D eigenvalue weighted by Crippen LogP contribution is 2.37. The van der Waals surface area contributed by atoms with Crippen molar-refractivity contribution in [2.45, 2.75) is 19.2 Å². The van der Waals surface area contributed by atoms with Gasteiger partial charge in [-0.3, -0.25) is 0 Å². The van der Waals surface area contributed by atoms with E-state index in [2.05, 4.69) is 4.98 Å². The molecule has 0 unspecified atom stereocenters. The average molecular weight is 262 g/mol. The van der Waals surface area contributed by atoms with Crippen LogP contribution in [0.3, 0.4) is 0 Å². The van der Waals surface area contributed by atoms with Crippen LogP contribution >= 0.6 is 11.6 Å². The molecule has 0 aliphatic heterocycles. The van der Waals surface area contributed by atoms with Gasteiger partial charge in [-0.25, -0.2) is 13.8 Å². The number of hydrogen-bond donors (Lipinski definition) is 1. The fourth-order valence-electron chi connectivity index (χ4n) is 1.18. The number of aromatic nitrogens is 1. The Hall–Kier alpha value is -0.950. The number of aliphatic hydroxyl groups excluding tert-OH is 1. The second-order valence-corrected chi connectivity index (χ2v) is 3.21. The maximum Gasteiger partial charge on any atom is 0.433 e. The summed E-state index contributed by atoms with van der Waals surface area (Å²) in [5, 5.41) is 8.10. The number of pyridine rings is 1. The van der Waals surface area contributed by atoms with Gasteiger partial charge in [0.05, 0.1) is 11.6 Å². The van der Waals surface area contributed by atoms with E-state index in [1.165, 1.54) is 0 Å². The third-order valence-corrected chi connectivity index (χ3v) is 2.12. The van der Waals surface area contributed by atoms with E-state index in [-0.39, 0.29) is 0 Å². The summed E-state index contributed by atoms with van der Waals surface area (Å²) in [5.41, 5.74) is -3.57. The fourth-order valence-corrected chi connectivity index (χ4v) is 1.43. The molecule has 1 heterocycles. The topological polar surface area (TPSA) is 33.1 Å². The average Bonchev–Trinajstić information content (AvgIpc) is 2.14. The first kappa shape index (κ1) is 13.1. The summed E-state index contributed by atoms with van der Waals surface area (Å²) >= 11 is 5.30. The molecule has 1 aromatic rings. The number of hydrogen-bond acceptors (Lipinski definition) is 2. The second kappa shape index (κ2) is 4.50. The summed E-state index contributed by atoms with van der Waals surface area (Å²) in [6.07, 6.45) is -7.63. The van der Waals surface area contributed by atoms with E-state index in [0.717, 1.165) is 0 Å². The zero-order valence-corrected chi connectivity index (χ0v) is 8.28. The Morgan fingerprint density at radius 2 is 1.94 bits per heavy atom. The van der Waals surface area contributed by atoms with Gasteiger partial charge in [-0.1, -0.05) is 11.6 Å². The van der Waals surface area contributed by atoms with Crippen molar-refractivity contribution in [3.63, 3.8) is 0 Å². The largest absolute Gasteiger partial charge is 0.433 e. The molecule has 0 aliphatic carbocycles. The molecule has 16 heavy (non-hydrogen) atoms. The zero-order chi connectivity index (χ0) is 12.5. The van der Waals surface area contributed by atoms with Crippen LogP contribution in [0.25, 0.3) is 0 Å². The Balaban J connectivity index is 3.49. The predicted octanol–water partition coefficient (Wildman–Crippen LogP) is 3.18. The van der Waals surface area contributed by atoms with Crippen molar-refractivity contribution in [3.05, 3.63) is 28.0 Å². The van der Waals surface area contributed by atoms with Crippen molar-refractivity contribution in [2.24, 2.45) is 0 Å². The Kier molecular flexibility index (Phi) is 3.69. The lowest BCUT2D eigenvalue weighted by Crippen LogP contribution is -2.14. The monoisotopic (exact) mass is 261 g/mol. The molecule has 0 spiro atoms. The van der Waals surface area contributed by atoms with Gasteiger partial charge in [0.1, 0.15) is 5.69 Å². The minimum Gasteiger partial charge on any atom is -0.392 e. The van der Waals surface area contributed by atoms with Crippen molar-refractivity contribution in [1.82, 2.24) is 4.98 Å². The van der Waals surface area contributed by atoms with Crippen LogP contribution in [-0.4, -0.2) is 10.1 Å². The minimum atomic E-state index is -4.91. The molecule has 90 valence electrons. The normalized spacial score (nSPS) is 12.2. The van der Waals surface area contributed by atoms with Gasteiger partial charge in [0.2, 0.25) is 0 Å². The third kappa shape index (κ3) is 2.41. The lowest BCUT2D eigenvalue weighted by atomic mass is 10.1. The van der Waals surface area contributed by atoms with Crippen LogP contribution in [0.15, 0.2) is 6.20 Å². The smallest absolute Gasteiger partial charge is 0.392 e. The molecule has 0 saturated heterocycles. The van der Waals surface area contributed by atoms with E-state index in [4.69, 9.17) is 16.7 Å². The molecule has 0 aromatic carbocycles. The van der Waals surface area contributed by atoms with Gasteiger partial charge in [0.15, 0.2) is 0 Å². The minimum absolute atomic E-state index is 0.491.